The van der Waals surface area contributed by atoms with E-state index in [1.165, 1.54) is 6.07 Å². The average molecular weight is 493 g/mol. The van der Waals surface area contributed by atoms with Gasteiger partial charge in [-0.3, -0.25) is 9.58 Å². The van der Waals surface area contributed by atoms with E-state index in [0.717, 1.165) is 37.7 Å². The number of hydrogen-bond donors (Lipinski definition) is 0. The number of hydrogen-bond acceptors (Lipinski definition) is 5. The van der Waals surface area contributed by atoms with Gasteiger partial charge in [-0.1, -0.05) is 6.07 Å². The van der Waals surface area contributed by atoms with Gasteiger partial charge in [-0.05, 0) is 69.2 Å². The Labute approximate surface area is 196 Å². The number of aromatic nitrogens is 3. The zero-order valence-electron chi connectivity index (χ0n) is 19.1. The molecule has 2 aromatic rings. The lowest BCUT2D eigenvalue weighted by Crippen LogP contribution is -2.50. The molecule has 0 N–H and O–H groups in total. The maximum Gasteiger partial charge on any atom is 0.433 e. The Balaban J connectivity index is 1.17. The number of likely N-dealkylation sites (tertiary alicyclic amines) is 1. The van der Waals surface area contributed by atoms with Crippen molar-refractivity contribution in [3.8, 4) is 11.4 Å². The van der Waals surface area contributed by atoms with Crippen LogP contribution in [0.3, 0.4) is 0 Å². The number of nitrogens with zero attached hydrogens (tertiary/aromatic N) is 4. The number of pyridine rings is 1. The highest BCUT2D eigenvalue weighted by atomic mass is 32.2. The Morgan fingerprint density at radius 3 is 2.56 bits per heavy atom. The van der Waals surface area contributed by atoms with Crippen LogP contribution in [0.1, 0.15) is 44.1 Å². The fraction of sp³-hybridized carbons (Fsp3) is 0.667. The Morgan fingerprint density at radius 2 is 1.91 bits per heavy atom. The molecule has 8 rings (SSSR count). The molecule has 6 fully saturated rings. The summed E-state index contributed by atoms with van der Waals surface area (Å²) < 4.78 is 65.2. The molecular weight excluding hydrogens is 465 g/mol. The molecule has 2 bridgehead atoms. The second-order valence-corrected chi connectivity index (χ2v) is 13.6. The topological polar surface area (TPSA) is 68.1 Å². The van der Waals surface area contributed by atoms with Crippen molar-refractivity contribution in [2.24, 2.45) is 23.2 Å². The molecule has 4 heterocycles. The third kappa shape index (κ3) is 2.69. The van der Waals surface area contributed by atoms with Crippen molar-refractivity contribution in [1.29, 1.82) is 0 Å². The van der Waals surface area contributed by atoms with E-state index in [1.54, 1.807) is 6.07 Å². The van der Waals surface area contributed by atoms with Crippen LogP contribution in [-0.2, 0) is 21.4 Å². The fourth-order valence-corrected chi connectivity index (χ4v) is 10.2. The molecule has 10 heteroatoms. The van der Waals surface area contributed by atoms with E-state index in [0.29, 0.717) is 41.0 Å². The van der Waals surface area contributed by atoms with Crippen LogP contribution in [0.2, 0.25) is 0 Å². The fourth-order valence-electron chi connectivity index (χ4n) is 7.92. The van der Waals surface area contributed by atoms with Crippen LogP contribution >= 0.6 is 0 Å². The predicted molar refractivity (Wildman–Crippen MR) is 119 cm³/mol. The summed E-state index contributed by atoms with van der Waals surface area (Å²) in [5.41, 5.74) is 1.04. The normalized spacial score (nSPS) is 36.6. The van der Waals surface area contributed by atoms with Gasteiger partial charge >= 0.3 is 6.18 Å². The lowest BCUT2D eigenvalue weighted by atomic mass is 9.91. The molecule has 1 unspecified atom stereocenters. The van der Waals surface area contributed by atoms with Gasteiger partial charge in [0.15, 0.2) is 9.84 Å². The van der Waals surface area contributed by atoms with Gasteiger partial charge in [-0.15, -0.1) is 0 Å². The summed E-state index contributed by atoms with van der Waals surface area (Å²) in [6.07, 6.45) is -2.40. The molecule has 2 aliphatic heterocycles. The Bertz CT molecular complexity index is 1300. The van der Waals surface area contributed by atoms with Crippen molar-refractivity contribution in [1.82, 2.24) is 19.7 Å². The summed E-state index contributed by atoms with van der Waals surface area (Å²) in [7, 11) is -2.84. The van der Waals surface area contributed by atoms with Gasteiger partial charge in [-0.25, -0.2) is 13.4 Å². The summed E-state index contributed by atoms with van der Waals surface area (Å²) in [6.45, 7) is 5.95. The molecule has 1 spiro atoms. The maximum absolute atomic E-state index is 13.2. The van der Waals surface area contributed by atoms with E-state index < -0.39 is 21.7 Å². The smallest absolute Gasteiger partial charge is 0.299 e. The number of sulfone groups is 1. The van der Waals surface area contributed by atoms with Gasteiger partial charge in [-0.2, -0.15) is 18.3 Å². The summed E-state index contributed by atoms with van der Waals surface area (Å²) in [4.78, 5) is 6.40. The van der Waals surface area contributed by atoms with Gasteiger partial charge in [0.25, 0.3) is 0 Å². The SMILES string of the molecule is CC(C)n1nc(-c2cccc(C(F)(F)F)n2)cc1[C@]12C3[C@@H](N4CCC5(C4)CS(=O)(=O)C5)C[C@@H]1[C@H]32. The highest BCUT2D eigenvalue weighted by Gasteiger charge is 2.93. The molecule has 4 aliphatic carbocycles. The molecule has 34 heavy (non-hydrogen) atoms. The van der Waals surface area contributed by atoms with E-state index >= 15 is 0 Å². The van der Waals surface area contributed by atoms with E-state index in [1.807, 2.05) is 10.7 Å². The number of fused-ring (bicyclic) bond motifs is 1. The van der Waals surface area contributed by atoms with Crippen LogP contribution in [0.5, 0.6) is 0 Å². The van der Waals surface area contributed by atoms with Crippen LogP contribution in [-0.4, -0.2) is 58.7 Å². The van der Waals surface area contributed by atoms with Crippen LogP contribution in [0, 0.1) is 23.2 Å². The van der Waals surface area contributed by atoms with Gasteiger partial charge in [0.2, 0.25) is 0 Å². The average Bonchev–Trinajstić information content (AvgIpc) is 3.23. The Kier molecular flexibility index (Phi) is 3.92. The second kappa shape index (κ2) is 6.24. The first-order valence-electron chi connectivity index (χ1n) is 12.0. The zero-order valence-corrected chi connectivity index (χ0v) is 19.9. The first kappa shape index (κ1) is 21.4. The largest absolute Gasteiger partial charge is 0.433 e. The van der Waals surface area contributed by atoms with Crippen LogP contribution < -0.4 is 0 Å². The van der Waals surface area contributed by atoms with Crippen LogP contribution in [0.15, 0.2) is 24.3 Å². The van der Waals surface area contributed by atoms with E-state index in [-0.39, 0.29) is 22.6 Å². The molecule has 6 aliphatic rings. The van der Waals surface area contributed by atoms with Crippen molar-refractivity contribution in [3.63, 3.8) is 0 Å². The highest BCUT2D eigenvalue weighted by Crippen LogP contribution is 2.91. The van der Waals surface area contributed by atoms with Crippen LogP contribution in [0.25, 0.3) is 11.4 Å². The third-order valence-electron chi connectivity index (χ3n) is 9.19. The second-order valence-electron chi connectivity index (χ2n) is 11.5. The van der Waals surface area contributed by atoms with Gasteiger partial charge in [0.05, 0.1) is 17.2 Å². The number of rotatable bonds is 4. The summed E-state index contributed by atoms with van der Waals surface area (Å²) in [6, 6.07) is 6.51. The maximum atomic E-state index is 13.2. The van der Waals surface area contributed by atoms with Crippen molar-refractivity contribution >= 4 is 9.84 Å². The van der Waals surface area contributed by atoms with Crippen molar-refractivity contribution in [2.45, 2.75) is 50.4 Å². The van der Waals surface area contributed by atoms with Crippen LogP contribution in [0.4, 0.5) is 13.2 Å². The molecule has 4 saturated carbocycles. The number of alkyl halides is 3. The van der Waals surface area contributed by atoms with Gasteiger partial charge < -0.3 is 0 Å². The third-order valence-corrected chi connectivity index (χ3v) is 11.3. The predicted octanol–water partition coefficient (Wildman–Crippen LogP) is 3.55. The van der Waals surface area contributed by atoms with E-state index in [9.17, 15) is 21.6 Å². The lowest BCUT2D eigenvalue weighted by molar-refractivity contribution is -0.141. The molecule has 5 atom stereocenters. The summed E-state index contributed by atoms with van der Waals surface area (Å²) in [5.74, 6) is 2.43. The molecule has 0 aromatic carbocycles. The van der Waals surface area contributed by atoms with E-state index in [4.69, 9.17) is 5.10 Å². The summed E-state index contributed by atoms with van der Waals surface area (Å²) >= 11 is 0. The van der Waals surface area contributed by atoms with Gasteiger partial charge in [0.1, 0.15) is 11.4 Å². The molecule has 0 amide bonds. The van der Waals surface area contributed by atoms with Crippen molar-refractivity contribution in [3.05, 3.63) is 35.7 Å². The zero-order chi connectivity index (χ0) is 23.8. The Morgan fingerprint density at radius 1 is 1.15 bits per heavy atom. The molecule has 2 aromatic heterocycles. The molecular formula is C24H27F3N4O2S. The molecule has 6 nitrogen and oxygen atoms in total. The minimum absolute atomic E-state index is 0.0314. The lowest BCUT2D eigenvalue weighted by Gasteiger charge is -2.38. The minimum Gasteiger partial charge on any atom is -0.299 e. The molecule has 0 radical (unpaired) electrons. The minimum atomic E-state index is -4.49. The molecule has 182 valence electrons. The number of halogens is 3. The highest BCUT2D eigenvalue weighted by molar-refractivity contribution is 7.92. The quantitative estimate of drug-likeness (QED) is 0.653. The molecule has 2 saturated heterocycles. The Hall–Kier alpha value is -1.94. The van der Waals surface area contributed by atoms with E-state index in [2.05, 4.69) is 23.7 Å². The first-order valence-corrected chi connectivity index (χ1v) is 13.9. The van der Waals surface area contributed by atoms with Gasteiger partial charge in [0, 0.05) is 35.2 Å². The van der Waals surface area contributed by atoms with Crippen molar-refractivity contribution in [2.75, 3.05) is 24.6 Å². The van der Waals surface area contributed by atoms with Crippen molar-refractivity contribution < 1.29 is 21.6 Å². The monoisotopic (exact) mass is 492 g/mol. The first-order chi connectivity index (χ1) is 16.0. The standard InChI is InChI=1S/C24H27F3N4O2S/c1-13(2)31-19(9-16(29-31)15-4-3-5-18(28-15)24(25,26)27)23-14-8-17(21(23)20(14)23)30-7-6-22(10-30)11-34(32,33)12-22/h3-5,9,13-14,17,20-21H,6-8,10-12H2,1-2H3/t14-,17+,20-,21?,23-/m1/s1. The summed E-state index contributed by atoms with van der Waals surface area (Å²) in [5, 5.41) is 4.72.